The summed E-state index contributed by atoms with van der Waals surface area (Å²) >= 11 is 0. The van der Waals surface area contributed by atoms with Crippen LogP contribution in [0, 0.1) is 5.41 Å². The molecule has 0 bridgehead atoms. The summed E-state index contributed by atoms with van der Waals surface area (Å²) in [7, 11) is 0. The fraction of sp³-hybridized carbons (Fsp3) is 0.562. The molecule has 0 radical (unpaired) electrons. The van der Waals surface area contributed by atoms with Gasteiger partial charge in [0.1, 0.15) is 11.2 Å². The average molecular weight is 280 g/mol. The lowest BCUT2D eigenvalue weighted by atomic mass is 9.85. The van der Waals surface area contributed by atoms with Crippen LogP contribution in [-0.4, -0.2) is 29.4 Å². The molecule has 0 heterocycles. The molecule has 0 aliphatic rings. The molecule has 1 aromatic carbocycles. The zero-order valence-corrected chi connectivity index (χ0v) is 12.6. The average Bonchev–Trinajstić information content (AvgIpc) is 2.41. The van der Waals surface area contributed by atoms with Gasteiger partial charge >= 0.3 is 5.97 Å². The third-order valence-corrected chi connectivity index (χ3v) is 3.61. The van der Waals surface area contributed by atoms with Crippen LogP contribution >= 0.6 is 0 Å². The van der Waals surface area contributed by atoms with Gasteiger partial charge < -0.3 is 14.9 Å². The van der Waals surface area contributed by atoms with Gasteiger partial charge in [-0.3, -0.25) is 4.79 Å². The van der Waals surface area contributed by atoms with Gasteiger partial charge in [-0.25, -0.2) is 0 Å². The van der Waals surface area contributed by atoms with Crippen LogP contribution in [-0.2, 0) is 10.2 Å². The Hall–Kier alpha value is -1.39. The molecule has 0 aliphatic carbocycles. The largest absolute Gasteiger partial charge is 0.426 e. The van der Waals surface area contributed by atoms with Gasteiger partial charge in [0.25, 0.3) is 0 Å². The van der Waals surface area contributed by atoms with Gasteiger partial charge in [0.2, 0.25) is 0 Å². The molecule has 2 N–H and O–H groups in total. The quantitative estimate of drug-likeness (QED) is 0.641. The van der Waals surface area contributed by atoms with E-state index < -0.39 is 24.6 Å². The highest BCUT2D eigenvalue weighted by Crippen LogP contribution is 2.33. The van der Waals surface area contributed by atoms with Crippen molar-refractivity contribution < 1.29 is 19.7 Å². The van der Waals surface area contributed by atoms with E-state index >= 15 is 0 Å². The first-order valence-corrected chi connectivity index (χ1v) is 6.84. The standard InChI is InChI=1S/C16H24O4/c1-5-16(10-17,11-18)14(19)20-13-9-7-6-8-12(13)15(2,3)4/h6-9,17-18H,5,10-11H2,1-4H3. The van der Waals surface area contributed by atoms with Crippen molar-refractivity contribution in [3.05, 3.63) is 29.8 Å². The fourth-order valence-corrected chi connectivity index (χ4v) is 1.93. The SMILES string of the molecule is CCC(CO)(CO)C(=O)Oc1ccccc1C(C)(C)C. The second-order valence-electron chi connectivity index (χ2n) is 6.09. The normalized spacial score (nSPS) is 12.3. The maximum Gasteiger partial charge on any atom is 0.322 e. The number of aliphatic hydroxyl groups excluding tert-OH is 2. The van der Waals surface area contributed by atoms with E-state index in [0.29, 0.717) is 12.2 Å². The number of carbonyl (C=O) groups is 1. The first-order valence-electron chi connectivity index (χ1n) is 6.84. The molecular weight excluding hydrogens is 256 g/mol. The number of hydrogen-bond donors (Lipinski definition) is 2. The van der Waals surface area contributed by atoms with Crippen LogP contribution in [0.2, 0.25) is 0 Å². The van der Waals surface area contributed by atoms with Crippen molar-refractivity contribution >= 4 is 5.97 Å². The number of carbonyl (C=O) groups excluding carboxylic acids is 1. The molecule has 0 unspecified atom stereocenters. The number of para-hydroxylation sites is 1. The molecule has 0 saturated heterocycles. The first kappa shape index (κ1) is 16.7. The third kappa shape index (κ3) is 3.38. The first-order chi connectivity index (χ1) is 9.30. The minimum absolute atomic E-state index is 0.163. The Morgan fingerprint density at radius 1 is 1.15 bits per heavy atom. The Labute approximate surface area is 120 Å². The van der Waals surface area contributed by atoms with Gasteiger partial charge in [-0.05, 0) is 17.9 Å². The lowest BCUT2D eigenvalue weighted by molar-refractivity contribution is -0.151. The van der Waals surface area contributed by atoms with E-state index in [1.54, 1.807) is 19.1 Å². The predicted molar refractivity (Wildman–Crippen MR) is 77.7 cm³/mol. The maximum atomic E-state index is 12.3. The Morgan fingerprint density at radius 3 is 2.15 bits per heavy atom. The molecule has 0 amide bonds. The van der Waals surface area contributed by atoms with Crippen molar-refractivity contribution in [2.75, 3.05) is 13.2 Å². The summed E-state index contributed by atoms with van der Waals surface area (Å²) in [6.07, 6.45) is 0.316. The van der Waals surface area contributed by atoms with Crippen molar-refractivity contribution in [1.29, 1.82) is 0 Å². The molecule has 4 heteroatoms. The monoisotopic (exact) mass is 280 g/mol. The Morgan fingerprint density at radius 2 is 1.70 bits per heavy atom. The smallest absolute Gasteiger partial charge is 0.322 e. The summed E-state index contributed by atoms with van der Waals surface area (Å²) in [5, 5.41) is 18.8. The molecule has 0 fully saturated rings. The van der Waals surface area contributed by atoms with E-state index in [1.165, 1.54) is 0 Å². The summed E-state index contributed by atoms with van der Waals surface area (Å²) in [5.74, 6) is -0.119. The molecule has 0 saturated carbocycles. The van der Waals surface area contributed by atoms with Gasteiger partial charge in [0, 0.05) is 5.56 Å². The Bertz CT molecular complexity index is 448. The van der Waals surface area contributed by atoms with Crippen molar-refractivity contribution in [3.8, 4) is 5.75 Å². The van der Waals surface area contributed by atoms with Crippen molar-refractivity contribution in [3.63, 3.8) is 0 Å². The van der Waals surface area contributed by atoms with Gasteiger partial charge in [-0.2, -0.15) is 0 Å². The highest BCUT2D eigenvalue weighted by molar-refractivity contribution is 5.79. The molecule has 0 aliphatic heterocycles. The zero-order valence-electron chi connectivity index (χ0n) is 12.6. The maximum absolute atomic E-state index is 12.3. The van der Waals surface area contributed by atoms with E-state index in [-0.39, 0.29) is 5.41 Å². The van der Waals surface area contributed by atoms with Gasteiger partial charge in [-0.1, -0.05) is 45.9 Å². The number of aliphatic hydroxyl groups is 2. The molecule has 20 heavy (non-hydrogen) atoms. The summed E-state index contributed by atoms with van der Waals surface area (Å²) < 4.78 is 5.45. The van der Waals surface area contributed by atoms with Crippen molar-refractivity contribution in [1.82, 2.24) is 0 Å². The van der Waals surface area contributed by atoms with Crippen LogP contribution in [0.5, 0.6) is 5.75 Å². The van der Waals surface area contributed by atoms with Crippen LogP contribution in [0.3, 0.4) is 0 Å². The number of esters is 1. The number of benzene rings is 1. The Kier molecular flexibility index (Phi) is 5.31. The van der Waals surface area contributed by atoms with Gasteiger partial charge in [0.05, 0.1) is 13.2 Å². The molecule has 4 nitrogen and oxygen atoms in total. The third-order valence-electron chi connectivity index (χ3n) is 3.61. The number of ether oxygens (including phenoxy) is 1. The summed E-state index contributed by atoms with van der Waals surface area (Å²) in [5.41, 5.74) is -0.496. The molecule has 1 aromatic rings. The second-order valence-corrected chi connectivity index (χ2v) is 6.09. The van der Waals surface area contributed by atoms with Crippen molar-refractivity contribution in [2.45, 2.75) is 39.5 Å². The van der Waals surface area contributed by atoms with Crippen LogP contribution in [0.25, 0.3) is 0 Å². The zero-order chi connectivity index (χ0) is 15.4. The summed E-state index contributed by atoms with van der Waals surface area (Å²) in [4.78, 5) is 12.3. The number of hydrogen-bond acceptors (Lipinski definition) is 4. The fourth-order valence-electron chi connectivity index (χ4n) is 1.93. The van der Waals surface area contributed by atoms with E-state index in [9.17, 15) is 15.0 Å². The van der Waals surface area contributed by atoms with Gasteiger partial charge in [0.15, 0.2) is 0 Å². The number of rotatable bonds is 5. The predicted octanol–water partition coefficient (Wildman–Crippen LogP) is 2.27. The minimum Gasteiger partial charge on any atom is -0.426 e. The summed E-state index contributed by atoms with van der Waals surface area (Å²) in [6.45, 7) is 6.97. The molecule has 0 spiro atoms. The molecule has 112 valence electrons. The van der Waals surface area contributed by atoms with E-state index in [4.69, 9.17) is 4.74 Å². The van der Waals surface area contributed by atoms with E-state index in [0.717, 1.165) is 5.56 Å². The van der Waals surface area contributed by atoms with E-state index in [2.05, 4.69) is 0 Å². The molecule has 1 rings (SSSR count). The highest BCUT2D eigenvalue weighted by atomic mass is 16.5. The summed E-state index contributed by atoms with van der Waals surface area (Å²) in [6, 6.07) is 7.33. The second kappa shape index (κ2) is 6.37. The van der Waals surface area contributed by atoms with Gasteiger partial charge in [-0.15, -0.1) is 0 Å². The highest BCUT2D eigenvalue weighted by Gasteiger charge is 2.38. The molecular formula is C16H24O4. The molecule has 0 aromatic heterocycles. The van der Waals surface area contributed by atoms with Crippen LogP contribution in [0.15, 0.2) is 24.3 Å². The van der Waals surface area contributed by atoms with Crippen LogP contribution < -0.4 is 4.74 Å². The Balaban J connectivity index is 3.08. The lowest BCUT2D eigenvalue weighted by Crippen LogP contribution is -2.41. The lowest BCUT2D eigenvalue weighted by Gasteiger charge is -2.28. The van der Waals surface area contributed by atoms with Crippen LogP contribution in [0.1, 0.15) is 39.7 Å². The topological polar surface area (TPSA) is 66.8 Å². The van der Waals surface area contributed by atoms with Crippen molar-refractivity contribution in [2.24, 2.45) is 5.41 Å². The van der Waals surface area contributed by atoms with Crippen LogP contribution in [0.4, 0.5) is 0 Å². The minimum atomic E-state index is -1.25. The molecule has 0 atom stereocenters. The van der Waals surface area contributed by atoms with E-state index in [1.807, 2.05) is 32.9 Å².